The highest BCUT2D eigenvalue weighted by molar-refractivity contribution is 7.98. The van der Waals surface area contributed by atoms with Gasteiger partial charge in [-0.2, -0.15) is 0 Å². The van der Waals surface area contributed by atoms with Gasteiger partial charge in [0.1, 0.15) is 0 Å². The van der Waals surface area contributed by atoms with Crippen LogP contribution >= 0.6 is 11.8 Å². The molecule has 0 amide bonds. The summed E-state index contributed by atoms with van der Waals surface area (Å²) >= 11 is 1.74. The minimum Gasteiger partial charge on any atom is -0.395 e. The first kappa shape index (κ1) is 17.7. The molecule has 2 heterocycles. The largest absolute Gasteiger partial charge is 0.395 e. The monoisotopic (exact) mass is 354 g/mol. The van der Waals surface area contributed by atoms with Gasteiger partial charge in [0.15, 0.2) is 0 Å². The molecule has 5 nitrogen and oxygen atoms in total. The Bertz CT molecular complexity index is 774. The van der Waals surface area contributed by atoms with E-state index < -0.39 is 0 Å². The molecule has 0 radical (unpaired) electrons. The van der Waals surface area contributed by atoms with Gasteiger partial charge >= 0.3 is 0 Å². The van der Waals surface area contributed by atoms with Crippen molar-refractivity contribution >= 4 is 11.8 Å². The Morgan fingerprint density at radius 2 is 1.80 bits per heavy atom. The van der Waals surface area contributed by atoms with Gasteiger partial charge in [-0.15, -0.1) is 11.8 Å². The van der Waals surface area contributed by atoms with Crippen molar-refractivity contribution in [3.05, 3.63) is 72.3 Å². The third-order valence-corrected chi connectivity index (χ3v) is 4.71. The second-order valence-corrected chi connectivity index (χ2v) is 6.58. The van der Waals surface area contributed by atoms with Crippen molar-refractivity contribution in [2.24, 2.45) is 0 Å². The summed E-state index contributed by atoms with van der Waals surface area (Å²) in [5.41, 5.74) is 2.33. The molecule has 0 saturated carbocycles. The normalized spacial score (nSPS) is 11.2. The van der Waals surface area contributed by atoms with Crippen molar-refractivity contribution in [1.82, 2.24) is 19.4 Å². The molecular formula is C19H22N4OS. The standard InChI is InChI=1S/C19H22N4OS/c1-25-18-7-5-16(6-8-18)14-22(12-13-24)15-17-4-2-11-23(17)19-20-9-3-10-21-19/h2-11,24H,12-15H2,1H3. The van der Waals surface area contributed by atoms with Crippen LogP contribution in [0.2, 0.25) is 0 Å². The Hall–Kier alpha value is -2.15. The molecule has 3 aromatic rings. The van der Waals surface area contributed by atoms with E-state index in [0.717, 1.165) is 18.8 Å². The van der Waals surface area contributed by atoms with Crippen LogP contribution in [-0.4, -0.2) is 43.9 Å². The van der Waals surface area contributed by atoms with Crippen LogP contribution in [0.5, 0.6) is 0 Å². The second-order valence-electron chi connectivity index (χ2n) is 5.70. The van der Waals surface area contributed by atoms with Gasteiger partial charge in [0.2, 0.25) is 5.95 Å². The van der Waals surface area contributed by atoms with Crippen molar-refractivity contribution < 1.29 is 5.11 Å². The molecular weight excluding hydrogens is 332 g/mol. The molecule has 0 atom stereocenters. The molecule has 2 aromatic heterocycles. The maximum Gasteiger partial charge on any atom is 0.233 e. The quantitative estimate of drug-likeness (QED) is 0.630. The average Bonchev–Trinajstić information content (AvgIpc) is 3.11. The maximum atomic E-state index is 9.44. The summed E-state index contributed by atoms with van der Waals surface area (Å²) in [5, 5.41) is 9.44. The van der Waals surface area contributed by atoms with E-state index in [-0.39, 0.29) is 6.61 Å². The third-order valence-electron chi connectivity index (χ3n) is 3.97. The van der Waals surface area contributed by atoms with E-state index in [2.05, 4.69) is 51.5 Å². The third kappa shape index (κ3) is 4.69. The Balaban J connectivity index is 1.75. The van der Waals surface area contributed by atoms with Crippen molar-refractivity contribution in [2.45, 2.75) is 18.0 Å². The Kier molecular flexibility index (Phi) is 6.22. The second kappa shape index (κ2) is 8.80. The SMILES string of the molecule is CSc1ccc(CN(CCO)Cc2cccn2-c2ncccn2)cc1. The topological polar surface area (TPSA) is 54.2 Å². The van der Waals surface area contributed by atoms with Crippen LogP contribution in [0.25, 0.3) is 5.95 Å². The predicted octanol–water partition coefficient (Wildman–Crippen LogP) is 2.98. The van der Waals surface area contributed by atoms with Crippen LogP contribution in [0.4, 0.5) is 0 Å². The molecule has 0 aliphatic carbocycles. The van der Waals surface area contributed by atoms with Gasteiger partial charge in [0.25, 0.3) is 0 Å². The molecule has 0 aliphatic heterocycles. The van der Waals surface area contributed by atoms with E-state index in [1.807, 2.05) is 22.9 Å². The van der Waals surface area contributed by atoms with E-state index in [1.54, 1.807) is 24.2 Å². The smallest absolute Gasteiger partial charge is 0.233 e. The summed E-state index contributed by atoms with van der Waals surface area (Å²) in [4.78, 5) is 12.1. The van der Waals surface area contributed by atoms with Crippen molar-refractivity contribution in [3.8, 4) is 5.95 Å². The first-order valence-corrected chi connectivity index (χ1v) is 9.42. The molecule has 130 valence electrons. The van der Waals surface area contributed by atoms with Gasteiger partial charge in [0, 0.05) is 48.8 Å². The molecule has 6 heteroatoms. The summed E-state index contributed by atoms with van der Waals surface area (Å²) < 4.78 is 1.99. The van der Waals surface area contributed by atoms with Crippen molar-refractivity contribution in [3.63, 3.8) is 0 Å². The fraction of sp³-hybridized carbons (Fsp3) is 0.263. The average molecular weight is 354 g/mol. The lowest BCUT2D eigenvalue weighted by atomic mass is 10.2. The zero-order chi connectivity index (χ0) is 17.5. The van der Waals surface area contributed by atoms with Crippen LogP contribution in [0.15, 0.2) is 66.0 Å². The highest BCUT2D eigenvalue weighted by atomic mass is 32.2. The highest BCUT2D eigenvalue weighted by Crippen LogP contribution is 2.17. The van der Waals surface area contributed by atoms with E-state index in [0.29, 0.717) is 12.5 Å². The van der Waals surface area contributed by atoms with E-state index in [1.165, 1.54) is 10.5 Å². The molecule has 25 heavy (non-hydrogen) atoms. The number of nitrogens with zero attached hydrogens (tertiary/aromatic N) is 4. The maximum absolute atomic E-state index is 9.44. The zero-order valence-corrected chi connectivity index (χ0v) is 15.1. The minimum absolute atomic E-state index is 0.130. The van der Waals surface area contributed by atoms with E-state index in [4.69, 9.17) is 0 Å². The summed E-state index contributed by atoms with van der Waals surface area (Å²) in [6.07, 6.45) is 7.53. The molecule has 1 N–H and O–H groups in total. The molecule has 1 aromatic carbocycles. The van der Waals surface area contributed by atoms with Crippen LogP contribution in [0, 0.1) is 0 Å². The Morgan fingerprint density at radius 1 is 1.04 bits per heavy atom. The molecule has 0 bridgehead atoms. The van der Waals surface area contributed by atoms with Crippen molar-refractivity contribution in [2.75, 3.05) is 19.4 Å². The predicted molar refractivity (Wildman–Crippen MR) is 101 cm³/mol. The van der Waals surface area contributed by atoms with Crippen molar-refractivity contribution in [1.29, 1.82) is 0 Å². The number of benzene rings is 1. The van der Waals surface area contributed by atoms with E-state index >= 15 is 0 Å². The molecule has 0 saturated heterocycles. The van der Waals surface area contributed by atoms with Gasteiger partial charge in [-0.05, 0) is 42.2 Å². The molecule has 0 spiro atoms. The lowest BCUT2D eigenvalue weighted by Crippen LogP contribution is -2.27. The number of hydrogen-bond donors (Lipinski definition) is 1. The number of thioether (sulfide) groups is 1. The van der Waals surface area contributed by atoms with E-state index in [9.17, 15) is 5.11 Å². The van der Waals surface area contributed by atoms with Gasteiger partial charge < -0.3 is 5.11 Å². The van der Waals surface area contributed by atoms with Crippen LogP contribution in [0.1, 0.15) is 11.3 Å². The fourth-order valence-electron chi connectivity index (χ4n) is 2.73. The lowest BCUT2D eigenvalue weighted by Gasteiger charge is -2.22. The summed E-state index contributed by atoms with van der Waals surface area (Å²) in [5.74, 6) is 0.663. The number of rotatable bonds is 8. The van der Waals surface area contributed by atoms with Crippen LogP contribution in [0.3, 0.4) is 0 Å². The first-order chi connectivity index (χ1) is 12.3. The summed E-state index contributed by atoms with van der Waals surface area (Å²) in [6, 6.07) is 14.4. The number of aliphatic hydroxyl groups is 1. The van der Waals surface area contributed by atoms with Gasteiger partial charge in [-0.3, -0.25) is 9.47 Å². The zero-order valence-electron chi connectivity index (χ0n) is 14.2. The van der Waals surface area contributed by atoms with Gasteiger partial charge in [-0.25, -0.2) is 9.97 Å². The lowest BCUT2D eigenvalue weighted by molar-refractivity contribution is 0.182. The molecule has 3 rings (SSSR count). The fourth-order valence-corrected chi connectivity index (χ4v) is 3.14. The summed E-state index contributed by atoms with van der Waals surface area (Å²) in [7, 11) is 0. The molecule has 0 fully saturated rings. The number of hydrogen-bond acceptors (Lipinski definition) is 5. The highest BCUT2D eigenvalue weighted by Gasteiger charge is 2.11. The molecule has 0 aliphatic rings. The van der Waals surface area contributed by atoms with Crippen LogP contribution < -0.4 is 0 Å². The van der Waals surface area contributed by atoms with Crippen LogP contribution in [-0.2, 0) is 13.1 Å². The Morgan fingerprint density at radius 3 is 2.48 bits per heavy atom. The first-order valence-electron chi connectivity index (χ1n) is 8.20. The Labute approximate surface area is 152 Å². The number of aliphatic hydroxyl groups excluding tert-OH is 1. The van der Waals surface area contributed by atoms with Gasteiger partial charge in [0.05, 0.1) is 6.61 Å². The number of aromatic nitrogens is 3. The summed E-state index contributed by atoms with van der Waals surface area (Å²) in [6.45, 7) is 2.25. The minimum atomic E-state index is 0.130. The molecule has 0 unspecified atom stereocenters. The van der Waals surface area contributed by atoms with Gasteiger partial charge in [-0.1, -0.05) is 12.1 Å².